The lowest BCUT2D eigenvalue weighted by atomic mass is 10.2. The molecule has 0 radical (unpaired) electrons. The zero-order chi connectivity index (χ0) is 15.0. The van der Waals surface area contributed by atoms with Crippen LogP contribution in [0.4, 0.5) is 0 Å². The third-order valence-corrected chi connectivity index (χ3v) is 4.01. The second kappa shape index (κ2) is 5.37. The van der Waals surface area contributed by atoms with Gasteiger partial charge in [0, 0.05) is 6.54 Å². The second-order valence-corrected chi connectivity index (χ2v) is 5.29. The van der Waals surface area contributed by atoms with Crippen molar-refractivity contribution in [1.82, 2.24) is 9.13 Å². The van der Waals surface area contributed by atoms with Crippen LogP contribution in [0.3, 0.4) is 0 Å². The molecule has 0 aliphatic carbocycles. The van der Waals surface area contributed by atoms with Gasteiger partial charge in [-0.3, -0.25) is 9.13 Å². The summed E-state index contributed by atoms with van der Waals surface area (Å²) >= 11 is 0. The van der Waals surface area contributed by atoms with E-state index in [1.807, 2.05) is 31.2 Å². The molecule has 1 aliphatic rings. The van der Waals surface area contributed by atoms with Gasteiger partial charge in [0.15, 0.2) is 6.10 Å². The zero-order valence-electron chi connectivity index (χ0n) is 11.9. The van der Waals surface area contributed by atoms with Crippen molar-refractivity contribution in [1.29, 1.82) is 0 Å². The van der Waals surface area contributed by atoms with E-state index in [9.17, 15) is 9.59 Å². The summed E-state index contributed by atoms with van der Waals surface area (Å²) < 4.78 is 8.91. The van der Waals surface area contributed by atoms with Gasteiger partial charge in [-0.1, -0.05) is 12.1 Å². The Bertz CT molecular complexity index is 731. The number of rotatable bonds is 4. The highest BCUT2D eigenvalue weighted by atomic mass is 16.5. The largest absolute Gasteiger partial charge is 0.479 e. The molecule has 112 valence electrons. The van der Waals surface area contributed by atoms with Gasteiger partial charge in [0.1, 0.15) is 0 Å². The SMILES string of the molecule is CCn1c(=O)n(CC2CCC(C(=O)O)O2)c2ccccc21. The van der Waals surface area contributed by atoms with E-state index in [2.05, 4.69) is 0 Å². The Kier molecular flexibility index (Phi) is 3.55. The van der Waals surface area contributed by atoms with Crippen LogP contribution in [0.2, 0.25) is 0 Å². The quantitative estimate of drug-likeness (QED) is 0.925. The topological polar surface area (TPSA) is 73.5 Å². The summed E-state index contributed by atoms with van der Waals surface area (Å²) in [7, 11) is 0. The summed E-state index contributed by atoms with van der Waals surface area (Å²) in [6, 6.07) is 7.64. The van der Waals surface area contributed by atoms with Gasteiger partial charge in [0.2, 0.25) is 0 Å². The molecule has 2 heterocycles. The lowest BCUT2D eigenvalue weighted by Gasteiger charge is -2.12. The molecular formula is C15H18N2O4. The molecule has 21 heavy (non-hydrogen) atoms. The first-order valence-corrected chi connectivity index (χ1v) is 7.18. The number of aliphatic carboxylic acids is 1. The first-order valence-electron chi connectivity index (χ1n) is 7.18. The predicted molar refractivity (Wildman–Crippen MR) is 77.4 cm³/mol. The smallest absolute Gasteiger partial charge is 0.332 e. The third-order valence-electron chi connectivity index (χ3n) is 4.01. The van der Waals surface area contributed by atoms with E-state index in [-0.39, 0.29) is 11.8 Å². The summed E-state index contributed by atoms with van der Waals surface area (Å²) in [5, 5.41) is 8.97. The molecular weight excluding hydrogens is 272 g/mol. The van der Waals surface area contributed by atoms with Gasteiger partial charge in [-0.25, -0.2) is 9.59 Å². The number of benzene rings is 1. The normalized spacial score (nSPS) is 22.0. The highest BCUT2D eigenvalue weighted by Crippen LogP contribution is 2.22. The molecule has 1 aromatic heterocycles. The molecule has 0 saturated carbocycles. The Hall–Kier alpha value is -2.08. The molecule has 1 saturated heterocycles. The molecule has 3 rings (SSSR count). The summed E-state index contributed by atoms with van der Waals surface area (Å²) in [5.41, 5.74) is 1.70. The second-order valence-electron chi connectivity index (χ2n) is 5.29. The summed E-state index contributed by atoms with van der Waals surface area (Å²) in [6.07, 6.45) is 0.195. The fraction of sp³-hybridized carbons (Fsp3) is 0.467. The maximum atomic E-state index is 12.5. The summed E-state index contributed by atoms with van der Waals surface area (Å²) in [4.78, 5) is 23.4. The van der Waals surface area contributed by atoms with Crippen molar-refractivity contribution >= 4 is 17.0 Å². The molecule has 1 fully saturated rings. The maximum Gasteiger partial charge on any atom is 0.332 e. The molecule has 1 aliphatic heterocycles. The molecule has 0 bridgehead atoms. The van der Waals surface area contributed by atoms with Crippen LogP contribution in [0.5, 0.6) is 0 Å². The molecule has 1 aromatic carbocycles. The number of fused-ring (bicyclic) bond motifs is 1. The van der Waals surface area contributed by atoms with Crippen LogP contribution in [-0.4, -0.2) is 32.4 Å². The zero-order valence-corrected chi connectivity index (χ0v) is 11.9. The average molecular weight is 290 g/mol. The van der Waals surface area contributed by atoms with Crippen LogP contribution in [0.1, 0.15) is 19.8 Å². The van der Waals surface area contributed by atoms with Crippen LogP contribution < -0.4 is 5.69 Å². The number of aryl methyl sites for hydroxylation is 1. The first-order chi connectivity index (χ1) is 10.1. The Morgan fingerprint density at radius 2 is 1.95 bits per heavy atom. The fourth-order valence-corrected chi connectivity index (χ4v) is 2.98. The van der Waals surface area contributed by atoms with Crippen molar-refractivity contribution in [2.75, 3.05) is 0 Å². The number of aromatic nitrogens is 2. The van der Waals surface area contributed by atoms with Crippen LogP contribution in [-0.2, 0) is 22.6 Å². The fourth-order valence-electron chi connectivity index (χ4n) is 2.98. The van der Waals surface area contributed by atoms with E-state index in [0.29, 0.717) is 25.9 Å². The van der Waals surface area contributed by atoms with E-state index < -0.39 is 12.1 Å². The highest BCUT2D eigenvalue weighted by Gasteiger charge is 2.31. The maximum absolute atomic E-state index is 12.5. The minimum atomic E-state index is -0.930. The molecule has 2 unspecified atom stereocenters. The minimum Gasteiger partial charge on any atom is -0.479 e. The third kappa shape index (κ3) is 2.35. The van der Waals surface area contributed by atoms with Crippen molar-refractivity contribution in [2.45, 2.75) is 45.1 Å². The van der Waals surface area contributed by atoms with Gasteiger partial charge in [-0.2, -0.15) is 0 Å². The van der Waals surface area contributed by atoms with E-state index >= 15 is 0 Å². The van der Waals surface area contributed by atoms with Gasteiger partial charge in [0.25, 0.3) is 0 Å². The van der Waals surface area contributed by atoms with Crippen LogP contribution in [0, 0.1) is 0 Å². The van der Waals surface area contributed by atoms with Crippen molar-refractivity contribution in [2.24, 2.45) is 0 Å². The Labute approximate surface area is 121 Å². The standard InChI is InChI=1S/C15H18N2O4/c1-2-16-11-5-3-4-6-12(11)17(15(16)20)9-10-7-8-13(21-10)14(18)19/h3-6,10,13H,2,7-9H2,1H3,(H,18,19). The summed E-state index contributed by atoms with van der Waals surface area (Å²) in [5.74, 6) is -0.930. The van der Waals surface area contributed by atoms with Crippen molar-refractivity contribution in [3.8, 4) is 0 Å². The van der Waals surface area contributed by atoms with Crippen LogP contribution in [0.25, 0.3) is 11.0 Å². The first kappa shape index (κ1) is 13.9. The van der Waals surface area contributed by atoms with Crippen LogP contribution in [0.15, 0.2) is 29.1 Å². The molecule has 0 amide bonds. The lowest BCUT2D eigenvalue weighted by molar-refractivity contribution is -0.149. The summed E-state index contributed by atoms with van der Waals surface area (Å²) in [6.45, 7) is 2.94. The molecule has 2 atom stereocenters. The van der Waals surface area contributed by atoms with Crippen molar-refractivity contribution < 1.29 is 14.6 Å². The number of carbonyl (C=O) groups is 1. The van der Waals surface area contributed by atoms with Gasteiger partial charge in [0.05, 0.1) is 23.7 Å². The molecule has 1 N–H and O–H groups in total. The van der Waals surface area contributed by atoms with E-state index in [0.717, 1.165) is 11.0 Å². The predicted octanol–water partition coefficient (Wildman–Crippen LogP) is 1.46. The number of hydrogen-bond donors (Lipinski definition) is 1. The number of imidazole rings is 1. The van der Waals surface area contributed by atoms with Gasteiger partial charge >= 0.3 is 11.7 Å². The number of para-hydroxylation sites is 2. The number of nitrogens with zero attached hydrogens (tertiary/aromatic N) is 2. The van der Waals surface area contributed by atoms with Gasteiger partial charge in [-0.05, 0) is 31.9 Å². The highest BCUT2D eigenvalue weighted by molar-refractivity contribution is 5.76. The Morgan fingerprint density at radius 3 is 2.52 bits per heavy atom. The Morgan fingerprint density at radius 1 is 1.29 bits per heavy atom. The van der Waals surface area contributed by atoms with Crippen molar-refractivity contribution in [3.63, 3.8) is 0 Å². The van der Waals surface area contributed by atoms with E-state index in [4.69, 9.17) is 9.84 Å². The number of carboxylic acid groups (broad SMARTS) is 1. The van der Waals surface area contributed by atoms with E-state index in [1.54, 1.807) is 9.13 Å². The van der Waals surface area contributed by atoms with Gasteiger partial charge < -0.3 is 9.84 Å². The van der Waals surface area contributed by atoms with Crippen molar-refractivity contribution in [3.05, 3.63) is 34.7 Å². The molecule has 6 heteroatoms. The minimum absolute atomic E-state index is 0.0684. The number of carboxylic acids is 1. The molecule has 6 nitrogen and oxygen atoms in total. The van der Waals surface area contributed by atoms with Crippen LogP contribution >= 0.6 is 0 Å². The molecule has 2 aromatic rings. The lowest BCUT2D eigenvalue weighted by Crippen LogP contribution is -2.29. The number of ether oxygens (including phenoxy) is 1. The monoisotopic (exact) mass is 290 g/mol. The average Bonchev–Trinajstić information content (AvgIpc) is 3.04. The Balaban J connectivity index is 1.93. The number of hydrogen-bond acceptors (Lipinski definition) is 3. The van der Waals surface area contributed by atoms with E-state index in [1.165, 1.54) is 0 Å². The van der Waals surface area contributed by atoms with Gasteiger partial charge in [-0.15, -0.1) is 0 Å². The molecule has 0 spiro atoms.